The molecule has 23 heavy (non-hydrogen) atoms. The zero-order chi connectivity index (χ0) is 16.6. The third kappa shape index (κ3) is 2.87. The van der Waals surface area contributed by atoms with Gasteiger partial charge in [0.2, 0.25) is 0 Å². The van der Waals surface area contributed by atoms with E-state index in [0.29, 0.717) is 18.1 Å². The van der Waals surface area contributed by atoms with Crippen molar-refractivity contribution >= 4 is 16.9 Å². The Morgan fingerprint density at radius 1 is 1.26 bits per heavy atom. The molecule has 0 saturated heterocycles. The van der Waals surface area contributed by atoms with E-state index in [1.807, 2.05) is 38.1 Å². The fourth-order valence-corrected chi connectivity index (χ4v) is 2.80. The van der Waals surface area contributed by atoms with Gasteiger partial charge in [-0.25, -0.2) is 4.79 Å². The Kier molecular flexibility index (Phi) is 3.96. The number of aryl methyl sites for hydroxylation is 2. The topological polar surface area (TPSA) is 75.6 Å². The molecule has 0 unspecified atom stereocenters. The van der Waals surface area contributed by atoms with Crippen molar-refractivity contribution < 1.29 is 18.7 Å². The monoisotopic (exact) mass is 313 g/mol. The second-order valence-electron chi connectivity index (χ2n) is 5.68. The van der Waals surface area contributed by atoms with E-state index in [2.05, 4.69) is 5.32 Å². The molecule has 0 fully saturated rings. The van der Waals surface area contributed by atoms with Crippen molar-refractivity contribution in [1.82, 2.24) is 5.32 Å². The molecule has 0 saturated carbocycles. The second-order valence-corrected chi connectivity index (χ2v) is 5.68. The molecule has 0 aliphatic carbocycles. The highest BCUT2D eigenvalue weighted by atomic mass is 16.4. The lowest BCUT2D eigenvalue weighted by Crippen LogP contribution is -2.17. The number of fused-ring (bicyclic) bond motifs is 1. The molecule has 5 heteroatoms. The van der Waals surface area contributed by atoms with E-state index in [4.69, 9.17) is 13.9 Å². The standard InChI is InChI=1S/C18H19NO4/c1-10-14-6-4-5-7-16(14)23-17(10)11(2)19-9-13-8-15(18(20)21)12(3)22-13/h4-8,11,19H,9H2,1-3H3,(H,20,21)/t11-/m0/s1. The van der Waals surface area contributed by atoms with Gasteiger partial charge in [-0.05, 0) is 38.5 Å². The summed E-state index contributed by atoms with van der Waals surface area (Å²) in [7, 11) is 0. The first-order chi connectivity index (χ1) is 11.0. The lowest BCUT2D eigenvalue weighted by molar-refractivity contribution is 0.0695. The Hall–Kier alpha value is -2.53. The highest BCUT2D eigenvalue weighted by Crippen LogP contribution is 2.29. The molecule has 2 heterocycles. The largest absolute Gasteiger partial charge is 0.478 e. The molecule has 0 radical (unpaired) electrons. The van der Waals surface area contributed by atoms with Crippen LogP contribution in [-0.4, -0.2) is 11.1 Å². The molecule has 3 aromatic rings. The maximum atomic E-state index is 11.0. The van der Waals surface area contributed by atoms with Gasteiger partial charge in [0.05, 0.1) is 12.6 Å². The summed E-state index contributed by atoms with van der Waals surface area (Å²) in [6.45, 7) is 6.14. The Morgan fingerprint density at radius 2 is 2.00 bits per heavy atom. The van der Waals surface area contributed by atoms with Crippen LogP contribution in [0.4, 0.5) is 0 Å². The second kappa shape index (κ2) is 5.93. The number of carboxylic acids is 1. The first kappa shape index (κ1) is 15.4. The van der Waals surface area contributed by atoms with Crippen molar-refractivity contribution in [2.45, 2.75) is 33.4 Å². The highest BCUT2D eigenvalue weighted by molar-refractivity contribution is 5.88. The first-order valence-corrected chi connectivity index (χ1v) is 7.51. The summed E-state index contributed by atoms with van der Waals surface area (Å²) in [6.07, 6.45) is 0. The number of carbonyl (C=O) groups is 1. The van der Waals surface area contributed by atoms with E-state index >= 15 is 0 Å². The summed E-state index contributed by atoms with van der Waals surface area (Å²) in [5.41, 5.74) is 2.19. The van der Waals surface area contributed by atoms with E-state index in [-0.39, 0.29) is 11.6 Å². The molecule has 0 aliphatic heterocycles. The fraction of sp³-hybridized carbons (Fsp3) is 0.278. The lowest BCUT2D eigenvalue weighted by Gasteiger charge is -2.11. The molecule has 3 rings (SSSR count). The minimum atomic E-state index is -0.973. The Balaban J connectivity index is 1.76. The normalized spacial score (nSPS) is 12.7. The van der Waals surface area contributed by atoms with Crippen molar-refractivity contribution in [3.63, 3.8) is 0 Å². The SMILES string of the molecule is Cc1oc(CN[C@@H](C)c2oc3ccccc3c2C)cc1C(=O)O. The minimum Gasteiger partial charge on any atom is -0.478 e. The van der Waals surface area contributed by atoms with Crippen LogP contribution in [0.25, 0.3) is 11.0 Å². The molecule has 120 valence electrons. The van der Waals surface area contributed by atoms with E-state index < -0.39 is 5.97 Å². The average molecular weight is 313 g/mol. The van der Waals surface area contributed by atoms with Crippen LogP contribution in [-0.2, 0) is 6.54 Å². The zero-order valence-electron chi connectivity index (χ0n) is 13.3. The first-order valence-electron chi connectivity index (χ1n) is 7.51. The van der Waals surface area contributed by atoms with Crippen LogP contribution < -0.4 is 5.32 Å². The van der Waals surface area contributed by atoms with Crippen molar-refractivity contribution in [2.75, 3.05) is 0 Å². The van der Waals surface area contributed by atoms with E-state index in [9.17, 15) is 4.79 Å². The van der Waals surface area contributed by atoms with Gasteiger partial charge >= 0.3 is 5.97 Å². The lowest BCUT2D eigenvalue weighted by atomic mass is 10.1. The molecule has 1 atom stereocenters. The number of aromatic carboxylic acids is 1. The van der Waals surface area contributed by atoms with Crippen LogP contribution in [0.1, 0.15) is 46.2 Å². The Bertz CT molecular complexity index is 859. The Morgan fingerprint density at radius 3 is 2.65 bits per heavy atom. The third-order valence-corrected chi connectivity index (χ3v) is 4.06. The predicted octanol–water partition coefficient (Wildman–Crippen LogP) is 4.19. The van der Waals surface area contributed by atoms with Crippen LogP contribution in [0.3, 0.4) is 0 Å². The number of para-hydroxylation sites is 1. The highest BCUT2D eigenvalue weighted by Gasteiger charge is 2.18. The van der Waals surface area contributed by atoms with Crippen molar-refractivity contribution in [2.24, 2.45) is 0 Å². The van der Waals surface area contributed by atoms with Gasteiger partial charge in [0.25, 0.3) is 0 Å². The zero-order valence-corrected chi connectivity index (χ0v) is 13.3. The molecule has 2 aromatic heterocycles. The predicted molar refractivity (Wildman–Crippen MR) is 86.6 cm³/mol. The maximum Gasteiger partial charge on any atom is 0.339 e. The summed E-state index contributed by atoms with van der Waals surface area (Å²) in [4.78, 5) is 11.0. The molecule has 1 aromatic carbocycles. The molecule has 5 nitrogen and oxygen atoms in total. The van der Waals surface area contributed by atoms with Crippen LogP contribution in [0, 0.1) is 13.8 Å². The van der Waals surface area contributed by atoms with Crippen molar-refractivity contribution in [3.8, 4) is 0 Å². The summed E-state index contributed by atoms with van der Waals surface area (Å²) >= 11 is 0. The van der Waals surface area contributed by atoms with Gasteiger partial charge in [0.15, 0.2) is 0 Å². The quantitative estimate of drug-likeness (QED) is 0.738. The van der Waals surface area contributed by atoms with Gasteiger partial charge < -0.3 is 19.3 Å². The molecule has 0 amide bonds. The van der Waals surface area contributed by atoms with Crippen molar-refractivity contribution in [3.05, 3.63) is 58.7 Å². The smallest absolute Gasteiger partial charge is 0.339 e. The van der Waals surface area contributed by atoms with Gasteiger partial charge in [-0.15, -0.1) is 0 Å². The van der Waals surface area contributed by atoms with Crippen LogP contribution in [0.15, 0.2) is 39.2 Å². The van der Waals surface area contributed by atoms with Gasteiger partial charge in [-0.2, -0.15) is 0 Å². The number of hydrogen-bond acceptors (Lipinski definition) is 4. The molecular formula is C18H19NO4. The molecule has 2 N–H and O–H groups in total. The number of rotatable bonds is 5. The van der Waals surface area contributed by atoms with Gasteiger partial charge in [0, 0.05) is 5.39 Å². The summed E-state index contributed by atoms with van der Waals surface area (Å²) in [6, 6.07) is 9.48. The van der Waals surface area contributed by atoms with E-state index in [1.54, 1.807) is 13.0 Å². The number of carboxylic acid groups (broad SMARTS) is 1. The fourth-order valence-electron chi connectivity index (χ4n) is 2.80. The van der Waals surface area contributed by atoms with Crippen LogP contribution in [0.5, 0.6) is 0 Å². The third-order valence-electron chi connectivity index (χ3n) is 4.06. The molecule has 0 bridgehead atoms. The number of hydrogen-bond donors (Lipinski definition) is 2. The Labute approximate surface area is 133 Å². The van der Waals surface area contributed by atoms with Gasteiger partial charge in [0.1, 0.15) is 28.4 Å². The van der Waals surface area contributed by atoms with E-state index in [1.165, 1.54) is 0 Å². The number of furan rings is 2. The van der Waals surface area contributed by atoms with Gasteiger partial charge in [-0.1, -0.05) is 18.2 Å². The summed E-state index contributed by atoms with van der Waals surface area (Å²) < 4.78 is 11.4. The van der Waals surface area contributed by atoms with E-state index in [0.717, 1.165) is 22.3 Å². The average Bonchev–Trinajstić information content (AvgIpc) is 3.06. The van der Waals surface area contributed by atoms with Gasteiger partial charge in [-0.3, -0.25) is 0 Å². The maximum absolute atomic E-state index is 11.0. The van der Waals surface area contributed by atoms with Crippen LogP contribution in [0.2, 0.25) is 0 Å². The summed E-state index contributed by atoms with van der Waals surface area (Å²) in [5, 5.41) is 13.5. The molecular weight excluding hydrogens is 294 g/mol. The number of nitrogens with one attached hydrogen (secondary N) is 1. The minimum absolute atomic E-state index is 0.0129. The summed E-state index contributed by atoms with van der Waals surface area (Å²) in [5.74, 6) is 0.925. The molecule has 0 aliphatic rings. The van der Waals surface area contributed by atoms with Crippen molar-refractivity contribution in [1.29, 1.82) is 0 Å². The van der Waals surface area contributed by atoms with Crippen LogP contribution >= 0.6 is 0 Å². The molecule has 0 spiro atoms. The number of benzene rings is 1.